The first kappa shape index (κ1) is 15.5. The van der Waals surface area contributed by atoms with E-state index in [4.69, 9.17) is 0 Å². The number of fused-ring (bicyclic) bond motifs is 2. The highest BCUT2D eigenvalue weighted by Crippen LogP contribution is 2.44. The third kappa shape index (κ3) is 2.41. The molecule has 2 N–H and O–H groups in total. The quantitative estimate of drug-likeness (QED) is 0.747. The molecule has 1 saturated heterocycles. The van der Waals surface area contributed by atoms with Crippen LogP contribution in [0, 0.1) is 5.92 Å². The average molecular weight is 347 g/mol. The van der Waals surface area contributed by atoms with Gasteiger partial charge in [0.1, 0.15) is 12.1 Å². The molecule has 26 heavy (non-hydrogen) atoms. The number of H-pyrrole nitrogens is 1. The SMILES string of the molecule is CN1C[C@H](C(=O)Nc2ccncn2)CC2c3cccc4[nH]cc(c34)C[C@H]21. The van der Waals surface area contributed by atoms with E-state index in [1.165, 1.54) is 28.4 Å². The molecule has 5 rings (SSSR count). The number of benzene rings is 1. The van der Waals surface area contributed by atoms with Crippen LogP contribution in [0.3, 0.4) is 0 Å². The van der Waals surface area contributed by atoms with Gasteiger partial charge < -0.3 is 15.2 Å². The van der Waals surface area contributed by atoms with Crippen molar-refractivity contribution in [3.63, 3.8) is 0 Å². The minimum absolute atomic E-state index is 0.0426. The predicted molar refractivity (Wildman–Crippen MR) is 99.9 cm³/mol. The molecule has 6 nitrogen and oxygen atoms in total. The summed E-state index contributed by atoms with van der Waals surface area (Å²) in [4.78, 5) is 26.6. The van der Waals surface area contributed by atoms with Crippen LogP contribution in [0.15, 0.2) is 43.0 Å². The van der Waals surface area contributed by atoms with E-state index in [2.05, 4.69) is 56.6 Å². The molecule has 6 heteroatoms. The standard InChI is InChI=1S/C20H21N5O/c1-25-10-13(20(26)24-18-5-6-21-11-23-18)7-15-14-3-2-4-16-19(14)12(9-22-16)8-17(15)25/h2-6,9,11,13,15,17,22H,7-8,10H2,1H3,(H,21,23,24,26)/t13-,15?,17-/m1/s1. The van der Waals surface area contributed by atoms with Crippen molar-refractivity contribution in [1.82, 2.24) is 19.9 Å². The molecule has 1 aliphatic heterocycles. The molecular formula is C20H21N5O. The Kier molecular flexibility index (Phi) is 3.53. The third-order valence-corrected chi connectivity index (χ3v) is 5.93. The molecule has 132 valence electrons. The fourth-order valence-electron chi connectivity index (χ4n) is 4.72. The smallest absolute Gasteiger partial charge is 0.229 e. The lowest BCUT2D eigenvalue weighted by Gasteiger charge is -2.45. The van der Waals surface area contributed by atoms with E-state index in [0.717, 1.165) is 19.4 Å². The molecule has 1 aromatic carbocycles. The second-order valence-electron chi connectivity index (χ2n) is 7.42. The topological polar surface area (TPSA) is 73.9 Å². The summed E-state index contributed by atoms with van der Waals surface area (Å²) in [6.07, 6.45) is 7.15. The maximum absolute atomic E-state index is 12.8. The first-order valence-corrected chi connectivity index (χ1v) is 9.06. The van der Waals surface area contributed by atoms with Gasteiger partial charge in [-0.15, -0.1) is 0 Å². The van der Waals surface area contributed by atoms with Crippen LogP contribution in [-0.4, -0.2) is 45.4 Å². The van der Waals surface area contributed by atoms with Gasteiger partial charge in [-0.1, -0.05) is 12.1 Å². The van der Waals surface area contributed by atoms with Gasteiger partial charge in [0.2, 0.25) is 5.91 Å². The van der Waals surface area contributed by atoms with E-state index < -0.39 is 0 Å². The zero-order valence-electron chi connectivity index (χ0n) is 14.6. The Morgan fingerprint density at radius 1 is 1.35 bits per heavy atom. The predicted octanol–water partition coefficient (Wildman–Crippen LogP) is 2.56. The first-order valence-electron chi connectivity index (χ1n) is 9.06. The van der Waals surface area contributed by atoms with Crippen molar-refractivity contribution in [2.75, 3.05) is 18.9 Å². The van der Waals surface area contributed by atoms with Crippen LogP contribution in [0.4, 0.5) is 5.82 Å². The molecular weight excluding hydrogens is 326 g/mol. The summed E-state index contributed by atoms with van der Waals surface area (Å²) in [5, 5.41) is 4.30. The molecule has 0 spiro atoms. The zero-order valence-corrected chi connectivity index (χ0v) is 14.6. The van der Waals surface area contributed by atoms with Gasteiger partial charge in [0, 0.05) is 41.8 Å². The van der Waals surface area contributed by atoms with Crippen molar-refractivity contribution in [3.8, 4) is 0 Å². The van der Waals surface area contributed by atoms with E-state index in [1.807, 2.05) is 0 Å². The number of nitrogens with zero attached hydrogens (tertiary/aromatic N) is 3. The normalized spacial score (nSPS) is 25.0. The second-order valence-corrected chi connectivity index (χ2v) is 7.42. The molecule has 1 amide bonds. The lowest BCUT2D eigenvalue weighted by molar-refractivity contribution is -0.122. The summed E-state index contributed by atoms with van der Waals surface area (Å²) in [5.41, 5.74) is 3.97. The van der Waals surface area contributed by atoms with Crippen LogP contribution in [0.5, 0.6) is 0 Å². The van der Waals surface area contributed by atoms with E-state index in [1.54, 1.807) is 12.3 Å². The molecule has 1 fully saturated rings. The Balaban J connectivity index is 1.45. The number of hydrogen-bond acceptors (Lipinski definition) is 4. The molecule has 2 aromatic heterocycles. The minimum Gasteiger partial charge on any atom is -0.361 e. The highest BCUT2D eigenvalue weighted by atomic mass is 16.2. The van der Waals surface area contributed by atoms with Gasteiger partial charge in [-0.25, -0.2) is 9.97 Å². The first-order chi connectivity index (χ1) is 12.7. The number of aromatic nitrogens is 3. The number of piperidine rings is 1. The Bertz CT molecular complexity index is 967. The van der Waals surface area contributed by atoms with Crippen molar-refractivity contribution in [3.05, 3.63) is 54.1 Å². The molecule has 3 heterocycles. The highest BCUT2D eigenvalue weighted by Gasteiger charge is 2.41. The Hall–Kier alpha value is -2.73. The zero-order chi connectivity index (χ0) is 17.7. The van der Waals surface area contributed by atoms with Gasteiger partial charge in [0.15, 0.2) is 0 Å². The van der Waals surface area contributed by atoms with E-state index >= 15 is 0 Å². The molecule has 1 aliphatic carbocycles. The Morgan fingerprint density at radius 2 is 2.27 bits per heavy atom. The van der Waals surface area contributed by atoms with Gasteiger partial charge in [-0.05, 0) is 43.1 Å². The minimum atomic E-state index is -0.0491. The summed E-state index contributed by atoms with van der Waals surface area (Å²) < 4.78 is 0. The van der Waals surface area contributed by atoms with Gasteiger partial charge in [-0.2, -0.15) is 0 Å². The fraction of sp³-hybridized carbons (Fsp3) is 0.350. The van der Waals surface area contributed by atoms with Gasteiger partial charge in [0.25, 0.3) is 0 Å². The second kappa shape index (κ2) is 5.92. The lowest BCUT2D eigenvalue weighted by atomic mass is 9.72. The van der Waals surface area contributed by atoms with Crippen molar-refractivity contribution in [2.45, 2.75) is 24.8 Å². The molecule has 0 saturated carbocycles. The van der Waals surface area contributed by atoms with E-state index in [0.29, 0.717) is 17.8 Å². The number of amides is 1. The number of rotatable bonds is 2. The Morgan fingerprint density at radius 3 is 3.12 bits per heavy atom. The number of anilines is 1. The summed E-state index contributed by atoms with van der Waals surface area (Å²) >= 11 is 0. The van der Waals surface area contributed by atoms with Crippen LogP contribution in [0.25, 0.3) is 10.9 Å². The summed E-state index contributed by atoms with van der Waals surface area (Å²) in [6.45, 7) is 0.772. The summed E-state index contributed by atoms with van der Waals surface area (Å²) in [7, 11) is 2.14. The van der Waals surface area contributed by atoms with Crippen molar-refractivity contribution in [2.24, 2.45) is 5.92 Å². The fourth-order valence-corrected chi connectivity index (χ4v) is 4.72. The van der Waals surface area contributed by atoms with E-state index in [-0.39, 0.29) is 11.8 Å². The number of carbonyl (C=O) groups is 1. The number of hydrogen-bond donors (Lipinski definition) is 2. The molecule has 3 aromatic rings. The molecule has 0 bridgehead atoms. The Labute approximate surface area is 151 Å². The number of carbonyl (C=O) groups excluding carboxylic acids is 1. The van der Waals surface area contributed by atoms with Crippen molar-refractivity contribution >= 4 is 22.6 Å². The maximum Gasteiger partial charge on any atom is 0.229 e. The summed E-state index contributed by atoms with van der Waals surface area (Å²) in [6, 6.07) is 8.65. The number of likely N-dealkylation sites (tertiary alicyclic amines) is 1. The number of likely N-dealkylation sites (N-methyl/N-ethyl adjacent to an activating group) is 1. The van der Waals surface area contributed by atoms with Gasteiger partial charge in [-0.3, -0.25) is 4.79 Å². The molecule has 0 radical (unpaired) electrons. The van der Waals surface area contributed by atoms with Crippen molar-refractivity contribution in [1.29, 1.82) is 0 Å². The number of aromatic amines is 1. The average Bonchev–Trinajstić information content (AvgIpc) is 3.08. The monoisotopic (exact) mass is 347 g/mol. The molecule has 1 unspecified atom stereocenters. The third-order valence-electron chi connectivity index (χ3n) is 5.93. The molecule has 3 atom stereocenters. The highest BCUT2D eigenvalue weighted by molar-refractivity contribution is 5.92. The van der Waals surface area contributed by atoms with Gasteiger partial charge >= 0.3 is 0 Å². The van der Waals surface area contributed by atoms with Crippen molar-refractivity contribution < 1.29 is 4.79 Å². The van der Waals surface area contributed by atoms with Gasteiger partial charge in [0.05, 0.1) is 5.92 Å². The van der Waals surface area contributed by atoms with Crippen LogP contribution in [-0.2, 0) is 11.2 Å². The van der Waals surface area contributed by atoms with Crippen LogP contribution in [0.1, 0.15) is 23.5 Å². The lowest BCUT2D eigenvalue weighted by Crippen LogP contribution is -2.50. The molecule has 2 aliphatic rings. The maximum atomic E-state index is 12.8. The van der Waals surface area contributed by atoms with E-state index in [9.17, 15) is 4.79 Å². The van der Waals surface area contributed by atoms with Crippen LogP contribution >= 0.6 is 0 Å². The largest absolute Gasteiger partial charge is 0.361 e. The van der Waals surface area contributed by atoms with Crippen LogP contribution in [0.2, 0.25) is 0 Å². The summed E-state index contributed by atoms with van der Waals surface area (Å²) in [5.74, 6) is 0.934. The van der Waals surface area contributed by atoms with Crippen LogP contribution < -0.4 is 5.32 Å². The number of nitrogens with one attached hydrogen (secondary N) is 2.